The Kier molecular flexibility index (Phi) is 5.44. The van der Waals surface area contributed by atoms with Gasteiger partial charge in [0.05, 0.1) is 0 Å². The Morgan fingerprint density at radius 3 is 0.962 bits per heavy atom. The maximum Gasteiger partial charge on any atom is 0.253 e. The zero-order valence-corrected chi connectivity index (χ0v) is 11.9. The third-order valence-corrected chi connectivity index (χ3v) is 2.56. The second-order valence-electron chi connectivity index (χ2n) is 4.14. The molecule has 2 rings (SSSR count). The predicted octanol–water partition coefficient (Wildman–Crippen LogP) is 3.00. The number of halogens is 8. The zero-order valence-electron chi connectivity index (χ0n) is 11.9. The molecule has 0 amide bonds. The van der Waals surface area contributed by atoms with Crippen molar-refractivity contribution in [2.45, 2.75) is 0 Å². The van der Waals surface area contributed by atoms with Crippen molar-refractivity contribution >= 4 is 0 Å². The lowest BCUT2D eigenvalue weighted by Gasteiger charge is -1.98. The summed E-state index contributed by atoms with van der Waals surface area (Å²) in [5.74, 6) is -4.55. The van der Waals surface area contributed by atoms with Crippen LogP contribution < -0.4 is 0 Å². The van der Waals surface area contributed by atoms with Crippen LogP contribution in [0.1, 0.15) is 11.1 Å². The summed E-state index contributed by atoms with van der Waals surface area (Å²) >= 11 is 0. The van der Waals surface area contributed by atoms with E-state index in [1.807, 2.05) is 11.8 Å². The molecular formula is C16F8N2. The average Bonchev–Trinajstić information content (AvgIpc) is 2.59. The van der Waals surface area contributed by atoms with E-state index in [-0.39, 0.29) is 0 Å². The largest absolute Gasteiger partial charge is 0.253 e. The van der Waals surface area contributed by atoms with Gasteiger partial charge in [-0.2, -0.15) is 27.5 Å². The SMILES string of the molecule is Fc1nc(F)c(F)c(C#CC#CC#Cc2c(F)c(F)nc(F)c2F)c1F. The molecular weight excluding hydrogens is 372 g/mol. The van der Waals surface area contributed by atoms with E-state index in [1.54, 1.807) is 23.7 Å². The maximum absolute atomic E-state index is 13.2. The first kappa shape index (κ1) is 18.8. The molecule has 2 aromatic heterocycles. The lowest BCUT2D eigenvalue weighted by molar-refractivity contribution is 0.404. The average molecular weight is 372 g/mol. The predicted molar refractivity (Wildman–Crippen MR) is 69.7 cm³/mol. The van der Waals surface area contributed by atoms with Crippen LogP contribution in [0.25, 0.3) is 0 Å². The molecule has 10 heteroatoms. The lowest BCUT2D eigenvalue weighted by atomic mass is 10.2. The fourth-order valence-electron chi connectivity index (χ4n) is 1.44. The van der Waals surface area contributed by atoms with E-state index in [1.165, 1.54) is 0 Å². The molecule has 130 valence electrons. The van der Waals surface area contributed by atoms with Crippen molar-refractivity contribution in [2.24, 2.45) is 0 Å². The molecule has 26 heavy (non-hydrogen) atoms. The molecule has 0 spiro atoms. The van der Waals surface area contributed by atoms with Crippen LogP contribution in [0.5, 0.6) is 0 Å². The smallest absolute Gasteiger partial charge is 0.200 e. The number of rotatable bonds is 0. The van der Waals surface area contributed by atoms with E-state index >= 15 is 0 Å². The summed E-state index contributed by atoms with van der Waals surface area (Å²) in [4.78, 5) is 4.62. The number of hydrogen-bond acceptors (Lipinski definition) is 2. The van der Waals surface area contributed by atoms with Crippen molar-refractivity contribution < 1.29 is 35.1 Å². The van der Waals surface area contributed by atoms with Gasteiger partial charge < -0.3 is 0 Å². The van der Waals surface area contributed by atoms with Gasteiger partial charge in [0, 0.05) is 0 Å². The Morgan fingerprint density at radius 1 is 0.423 bits per heavy atom. The highest BCUT2D eigenvalue weighted by molar-refractivity contribution is 5.46. The summed E-state index contributed by atoms with van der Waals surface area (Å²) in [6, 6.07) is 0. The van der Waals surface area contributed by atoms with Crippen LogP contribution >= 0.6 is 0 Å². The van der Waals surface area contributed by atoms with Crippen molar-refractivity contribution in [2.75, 3.05) is 0 Å². The lowest BCUT2D eigenvalue weighted by Crippen LogP contribution is -2.03. The summed E-state index contributed by atoms with van der Waals surface area (Å²) in [5.41, 5.74) is -2.57. The number of aromatic nitrogens is 2. The summed E-state index contributed by atoms with van der Waals surface area (Å²) in [7, 11) is 0. The molecule has 0 atom stereocenters. The topological polar surface area (TPSA) is 25.8 Å². The molecule has 2 heterocycles. The summed E-state index contributed by atoms with van der Waals surface area (Å²) in [6.45, 7) is 0. The zero-order chi connectivity index (χ0) is 19.4. The summed E-state index contributed by atoms with van der Waals surface area (Å²) in [5, 5.41) is 0. The van der Waals surface area contributed by atoms with Crippen molar-refractivity contribution in [3.05, 3.63) is 58.2 Å². The highest BCUT2D eigenvalue weighted by atomic mass is 19.2. The van der Waals surface area contributed by atoms with Crippen LogP contribution in [0.15, 0.2) is 0 Å². The van der Waals surface area contributed by atoms with Crippen LogP contribution in [0.4, 0.5) is 35.1 Å². The standard InChI is InChI=1S/C16F8N2/c17-9-7(10(18)14(22)25-13(9)21)5-3-1-2-4-6-8-11(19)15(23)26-16(24)12(8)20. The first-order chi connectivity index (χ1) is 12.2. The molecule has 0 saturated carbocycles. The first-order valence-corrected chi connectivity index (χ1v) is 6.16. The van der Waals surface area contributed by atoms with E-state index < -0.39 is 58.2 Å². The van der Waals surface area contributed by atoms with Crippen molar-refractivity contribution in [3.63, 3.8) is 0 Å². The molecule has 0 aliphatic heterocycles. The quantitative estimate of drug-likeness (QED) is 0.404. The molecule has 0 aromatic carbocycles. The van der Waals surface area contributed by atoms with Gasteiger partial charge in [-0.25, -0.2) is 17.6 Å². The fraction of sp³-hybridized carbons (Fsp3) is 0. The maximum atomic E-state index is 13.2. The Bertz CT molecular complexity index is 953. The Morgan fingerprint density at radius 2 is 0.692 bits per heavy atom. The highest BCUT2D eigenvalue weighted by Crippen LogP contribution is 2.16. The molecule has 0 aliphatic carbocycles. The normalized spacial score (nSPS) is 9.38. The van der Waals surface area contributed by atoms with Gasteiger partial charge >= 0.3 is 0 Å². The van der Waals surface area contributed by atoms with Gasteiger partial charge in [-0.1, -0.05) is 0 Å². The van der Waals surface area contributed by atoms with E-state index in [0.29, 0.717) is 0 Å². The number of pyridine rings is 2. The summed E-state index contributed by atoms with van der Waals surface area (Å²) in [6.07, 6.45) is 0. The van der Waals surface area contributed by atoms with Gasteiger partial charge in [0.15, 0.2) is 23.3 Å². The molecule has 0 unspecified atom stereocenters. The number of hydrogen-bond donors (Lipinski definition) is 0. The molecule has 0 saturated heterocycles. The monoisotopic (exact) mass is 372 g/mol. The van der Waals surface area contributed by atoms with E-state index in [4.69, 9.17) is 0 Å². The summed E-state index contributed by atoms with van der Waals surface area (Å²) < 4.78 is 104. The molecule has 2 aromatic rings. The second-order valence-corrected chi connectivity index (χ2v) is 4.14. The van der Waals surface area contributed by atoms with Crippen molar-refractivity contribution in [3.8, 4) is 35.5 Å². The van der Waals surface area contributed by atoms with Gasteiger partial charge in [-0.05, 0) is 35.5 Å². The molecule has 0 bridgehead atoms. The Hall–Kier alpha value is -3.58. The van der Waals surface area contributed by atoms with E-state index in [9.17, 15) is 35.1 Å². The molecule has 0 fully saturated rings. The minimum absolute atomic E-state index is 1.28. The third-order valence-electron chi connectivity index (χ3n) is 2.56. The molecule has 2 nitrogen and oxygen atoms in total. The van der Waals surface area contributed by atoms with Gasteiger partial charge in [-0.15, -0.1) is 0 Å². The number of nitrogens with zero attached hydrogens (tertiary/aromatic N) is 2. The van der Waals surface area contributed by atoms with E-state index in [0.717, 1.165) is 0 Å². The third kappa shape index (κ3) is 3.73. The van der Waals surface area contributed by atoms with E-state index in [2.05, 4.69) is 9.97 Å². The van der Waals surface area contributed by atoms with Crippen molar-refractivity contribution in [1.82, 2.24) is 9.97 Å². The second kappa shape index (κ2) is 7.54. The van der Waals surface area contributed by atoms with Gasteiger partial charge in [0.25, 0.3) is 23.8 Å². The molecule has 0 aliphatic rings. The Balaban J connectivity index is 2.33. The van der Waals surface area contributed by atoms with Crippen LogP contribution in [-0.2, 0) is 0 Å². The minimum atomic E-state index is -1.92. The first-order valence-electron chi connectivity index (χ1n) is 6.16. The van der Waals surface area contributed by atoms with Gasteiger partial charge in [-0.3, -0.25) is 0 Å². The van der Waals surface area contributed by atoms with Gasteiger partial charge in [0.1, 0.15) is 11.1 Å². The van der Waals surface area contributed by atoms with Crippen LogP contribution in [0.3, 0.4) is 0 Å². The highest BCUT2D eigenvalue weighted by Gasteiger charge is 2.19. The van der Waals surface area contributed by atoms with Crippen LogP contribution in [-0.4, -0.2) is 9.97 Å². The molecule has 0 N–H and O–H groups in total. The van der Waals surface area contributed by atoms with Crippen LogP contribution in [0, 0.1) is 82.6 Å². The Labute approximate surface area is 139 Å². The fourth-order valence-corrected chi connectivity index (χ4v) is 1.44. The van der Waals surface area contributed by atoms with Crippen molar-refractivity contribution in [1.29, 1.82) is 0 Å². The molecule has 0 radical (unpaired) electrons. The van der Waals surface area contributed by atoms with Gasteiger partial charge in [0.2, 0.25) is 0 Å². The minimum Gasteiger partial charge on any atom is -0.200 e. The van der Waals surface area contributed by atoms with Crippen LogP contribution in [0.2, 0.25) is 0 Å².